The van der Waals surface area contributed by atoms with Gasteiger partial charge in [0.1, 0.15) is 23.9 Å². The number of halogens is 1. The summed E-state index contributed by atoms with van der Waals surface area (Å²) in [6.07, 6.45) is 1.46. The van der Waals surface area contributed by atoms with Crippen molar-refractivity contribution in [3.63, 3.8) is 0 Å². The van der Waals surface area contributed by atoms with Crippen molar-refractivity contribution in [3.05, 3.63) is 88.4 Å². The van der Waals surface area contributed by atoms with Crippen molar-refractivity contribution in [1.82, 2.24) is 5.43 Å². The average molecular weight is 397 g/mol. The topological polar surface area (TPSA) is 91.2 Å². The van der Waals surface area contributed by atoms with Gasteiger partial charge in [-0.25, -0.2) is 5.43 Å². The lowest BCUT2D eigenvalue weighted by Gasteiger charge is -2.07. The van der Waals surface area contributed by atoms with Gasteiger partial charge in [0.15, 0.2) is 0 Å². The Morgan fingerprint density at radius 3 is 2.61 bits per heavy atom. The molecule has 0 saturated carbocycles. The number of hydrogen-bond acceptors (Lipinski definition) is 5. The highest BCUT2D eigenvalue weighted by atomic mass is 35.5. The van der Waals surface area contributed by atoms with E-state index in [-0.39, 0.29) is 17.1 Å². The number of benzene rings is 3. The minimum atomic E-state index is -0.594. The molecule has 0 heterocycles. The Morgan fingerprint density at radius 1 is 1.07 bits per heavy atom. The molecule has 3 aromatic carbocycles. The summed E-state index contributed by atoms with van der Waals surface area (Å²) in [6, 6.07) is 18.3. The number of carbonyl (C=O) groups is 1. The third-order valence-electron chi connectivity index (χ3n) is 3.78. The zero-order valence-electron chi connectivity index (χ0n) is 14.7. The Hall–Kier alpha value is -3.51. The fourth-order valence-electron chi connectivity index (χ4n) is 2.37. The second-order valence-corrected chi connectivity index (χ2v) is 6.32. The van der Waals surface area contributed by atoms with Crippen LogP contribution in [0.5, 0.6) is 17.2 Å². The van der Waals surface area contributed by atoms with Crippen molar-refractivity contribution < 1.29 is 19.7 Å². The summed E-state index contributed by atoms with van der Waals surface area (Å²) >= 11 is 5.86. The monoisotopic (exact) mass is 396 g/mol. The number of nitrogens with zero attached hydrogens (tertiary/aromatic N) is 1. The highest BCUT2D eigenvalue weighted by Crippen LogP contribution is 2.22. The first-order chi connectivity index (χ1) is 13.5. The molecule has 0 fully saturated rings. The van der Waals surface area contributed by atoms with Crippen LogP contribution in [0, 0.1) is 0 Å². The van der Waals surface area contributed by atoms with E-state index in [1.54, 1.807) is 18.2 Å². The molecule has 0 atom stereocenters. The molecule has 0 aliphatic rings. The average Bonchev–Trinajstić information content (AvgIpc) is 2.68. The summed E-state index contributed by atoms with van der Waals surface area (Å²) in [5, 5.41) is 23.5. The van der Waals surface area contributed by atoms with Crippen LogP contribution in [-0.2, 0) is 6.61 Å². The van der Waals surface area contributed by atoms with Gasteiger partial charge >= 0.3 is 0 Å². The largest absolute Gasteiger partial charge is 0.508 e. The molecule has 3 rings (SSSR count). The number of amides is 1. The first kappa shape index (κ1) is 19.3. The summed E-state index contributed by atoms with van der Waals surface area (Å²) < 4.78 is 5.75. The summed E-state index contributed by atoms with van der Waals surface area (Å²) in [7, 11) is 0. The summed E-state index contributed by atoms with van der Waals surface area (Å²) in [5.41, 5.74) is 4.05. The molecule has 0 radical (unpaired) electrons. The highest BCUT2D eigenvalue weighted by Gasteiger charge is 2.10. The fraction of sp³-hybridized carbons (Fsp3) is 0.0476. The van der Waals surface area contributed by atoms with E-state index in [0.717, 1.165) is 17.2 Å². The number of ether oxygens (including phenoxy) is 1. The Morgan fingerprint density at radius 2 is 1.86 bits per heavy atom. The number of hydrogen-bond donors (Lipinski definition) is 3. The van der Waals surface area contributed by atoms with Crippen LogP contribution >= 0.6 is 11.6 Å². The van der Waals surface area contributed by atoms with Crippen LogP contribution in [-0.4, -0.2) is 22.3 Å². The Balaban J connectivity index is 1.59. The van der Waals surface area contributed by atoms with Gasteiger partial charge in [0.05, 0.1) is 11.8 Å². The van der Waals surface area contributed by atoms with Crippen molar-refractivity contribution in [2.75, 3.05) is 0 Å². The lowest BCUT2D eigenvalue weighted by Crippen LogP contribution is -2.17. The summed E-state index contributed by atoms with van der Waals surface area (Å²) in [5.74, 6) is -0.399. The molecule has 7 heteroatoms. The highest BCUT2D eigenvalue weighted by molar-refractivity contribution is 6.30. The number of phenolic OH excluding ortho intramolecular Hbond substituents is 2. The van der Waals surface area contributed by atoms with Crippen molar-refractivity contribution in [3.8, 4) is 17.2 Å². The number of nitrogens with one attached hydrogen (secondary N) is 1. The van der Waals surface area contributed by atoms with E-state index in [9.17, 15) is 15.0 Å². The van der Waals surface area contributed by atoms with Crippen LogP contribution in [0.1, 0.15) is 21.5 Å². The van der Waals surface area contributed by atoms with Gasteiger partial charge in [0, 0.05) is 11.1 Å². The number of carbonyl (C=O) groups excluding carboxylic acids is 1. The van der Waals surface area contributed by atoms with Gasteiger partial charge in [0.2, 0.25) is 0 Å². The maximum atomic E-state index is 12.0. The van der Waals surface area contributed by atoms with Gasteiger partial charge in [0.25, 0.3) is 5.91 Å². The SMILES string of the molecule is O=C(N/N=C/c1cccc(OCc2ccc(Cl)cc2)c1)c1ccc(O)cc1O. The van der Waals surface area contributed by atoms with Gasteiger partial charge < -0.3 is 14.9 Å². The van der Waals surface area contributed by atoms with E-state index in [2.05, 4.69) is 10.5 Å². The van der Waals surface area contributed by atoms with Gasteiger partial charge in [-0.05, 0) is 47.5 Å². The molecule has 3 N–H and O–H groups in total. The first-order valence-corrected chi connectivity index (χ1v) is 8.72. The predicted octanol–water partition coefficient (Wildman–Crippen LogP) is 4.09. The van der Waals surface area contributed by atoms with Crippen molar-refractivity contribution in [2.45, 2.75) is 6.61 Å². The molecule has 28 heavy (non-hydrogen) atoms. The Kier molecular flexibility index (Phi) is 6.14. The van der Waals surface area contributed by atoms with Crippen molar-refractivity contribution >= 4 is 23.7 Å². The molecule has 0 spiro atoms. The predicted molar refractivity (Wildman–Crippen MR) is 107 cm³/mol. The van der Waals surface area contributed by atoms with Gasteiger partial charge in [-0.1, -0.05) is 35.9 Å². The first-order valence-electron chi connectivity index (χ1n) is 8.34. The van der Waals surface area contributed by atoms with E-state index in [1.165, 1.54) is 18.3 Å². The third kappa shape index (κ3) is 5.25. The molecule has 0 aliphatic carbocycles. The van der Waals surface area contributed by atoms with Crippen LogP contribution in [0.25, 0.3) is 0 Å². The van der Waals surface area contributed by atoms with Crippen LogP contribution in [0.15, 0.2) is 71.8 Å². The number of aromatic hydroxyl groups is 2. The molecule has 1 amide bonds. The fourth-order valence-corrected chi connectivity index (χ4v) is 2.50. The van der Waals surface area contributed by atoms with E-state index >= 15 is 0 Å². The standard InChI is InChI=1S/C21H17ClN2O4/c22-16-6-4-14(5-7-16)13-28-18-3-1-2-15(10-18)12-23-24-21(27)19-9-8-17(25)11-20(19)26/h1-12,25-26H,13H2,(H,24,27)/b23-12+. The maximum Gasteiger partial charge on any atom is 0.275 e. The number of rotatable bonds is 6. The van der Waals surface area contributed by atoms with Gasteiger partial charge in [-0.2, -0.15) is 5.10 Å². The van der Waals surface area contributed by atoms with Crippen molar-refractivity contribution in [1.29, 1.82) is 0 Å². The second-order valence-electron chi connectivity index (χ2n) is 5.89. The maximum absolute atomic E-state index is 12.0. The molecular formula is C21H17ClN2O4. The van der Waals surface area contributed by atoms with E-state index < -0.39 is 5.91 Å². The molecule has 0 unspecified atom stereocenters. The van der Waals surface area contributed by atoms with Crippen LogP contribution in [0.3, 0.4) is 0 Å². The molecule has 0 aliphatic heterocycles. The van der Waals surface area contributed by atoms with Crippen LogP contribution in [0.4, 0.5) is 0 Å². The molecule has 0 saturated heterocycles. The third-order valence-corrected chi connectivity index (χ3v) is 4.03. The number of phenols is 2. The minimum Gasteiger partial charge on any atom is -0.508 e. The lowest BCUT2D eigenvalue weighted by atomic mass is 10.2. The zero-order chi connectivity index (χ0) is 19.9. The molecule has 0 bridgehead atoms. The molecule has 142 valence electrons. The minimum absolute atomic E-state index is 0.00926. The van der Waals surface area contributed by atoms with Crippen LogP contribution < -0.4 is 10.2 Å². The van der Waals surface area contributed by atoms with Crippen molar-refractivity contribution in [2.24, 2.45) is 5.10 Å². The van der Waals surface area contributed by atoms with Crippen LogP contribution in [0.2, 0.25) is 5.02 Å². The van der Waals surface area contributed by atoms with E-state index in [1.807, 2.05) is 30.3 Å². The molecule has 6 nitrogen and oxygen atoms in total. The normalized spacial score (nSPS) is 10.8. The quantitative estimate of drug-likeness (QED) is 0.432. The molecular weight excluding hydrogens is 380 g/mol. The molecule has 0 aromatic heterocycles. The Labute approximate surface area is 166 Å². The second kappa shape index (κ2) is 8.92. The van der Waals surface area contributed by atoms with E-state index in [4.69, 9.17) is 16.3 Å². The lowest BCUT2D eigenvalue weighted by molar-refractivity contribution is 0.0952. The smallest absolute Gasteiger partial charge is 0.275 e. The van der Waals surface area contributed by atoms with E-state index in [0.29, 0.717) is 17.4 Å². The Bertz CT molecular complexity index is 1000. The van der Waals surface area contributed by atoms with Gasteiger partial charge in [-0.15, -0.1) is 0 Å². The molecule has 3 aromatic rings. The zero-order valence-corrected chi connectivity index (χ0v) is 15.4. The number of hydrazone groups is 1. The summed E-state index contributed by atoms with van der Waals surface area (Å²) in [6.45, 7) is 0.397. The van der Waals surface area contributed by atoms with Gasteiger partial charge in [-0.3, -0.25) is 4.79 Å². The summed E-state index contributed by atoms with van der Waals surface area (Å²) in [4.78, 5) is 12.0.